The van der Waals surface area contributed by atoms with Gasteiger partial charge in [-0.1, -0.05) is 26.8 Å². The SMILES string of the molecule is CC12CCC(C(=O)N(CCCC(=O)Nc3cccc([N+](=O)[O-])c3)C1=O)C2(C)C. The number of non-ortho nitro benzene ring substituents is 1. The number of piperidine rings is 1. The van der Waals surface area contributed by atoms with E-state index >= 15 is 0 Å². The van der Waals surface area contributed by atoms with Crippen molar-refractivity contribution in [3.63, 3.8) is 0 Å². The van der Waals surface area contributed by atoms with Gasteiger partial charge in [0.15, 0.2) is 0 Å². The number of amides is 3. The van der Waals surface area contributed by atoms with E-state index in [1.807, 2.05) is 20.8 Å². The van der Waals surface area contributed by atoms with E-state index in [1.165, 1.54) is 23.1 Å². The number of nitro groups is 1. The Balaban J connectivity index is 1.57. The highest BCUT2D eigenvalue weighted by Crippen LogP contribution is 2.60. The van der Waals surface area contributed by atoms with Crippen LogP contribution in [-0.4, -0.2) is 34.1 Å². The molecule has 1 saturated carbocycles. The molecule has 3 amide bonds. The summed E-state index contributed by atoms with van der Waals surface area (Å²) in [7, 11) is 0. The van der Waals surface area contributed by atoms with Crippen LogP contribution >= 0.6 is 0 Å². The molecule has 0 radical (unpaired) electrons. The lowest BCUT2D eigenvalue weighted by Crippen LogP contribution is -2.59. The summed E-state index contributed by atoms with van der Waals surface area (Å²) in [6, 6.07) is 5.70. The Hall–Kier alpha value is -2.77. The van der Waals surface area contributed by atoms with Crippen molar-refractivity contribution in [1.82, 2.24) is 4.90 Å². The third kappa shape index (κ3) is 3.16. The predicted molar refractivity (Wildman–Crippen MR) is 102 cm³/mol. The van der Waals surface area contributed by atoms with Gasteiger partial charge >= 0.3 is 0 Å². The molecule has 0 spiro atoms. The van der Waals surface area contributed by atoms with E-state index in [9.17, 15) is 24.5 Å². The van der Waals surface area contributed by atoms with Gasteiger partial charge in [0.25, 0.3) is 5.69 Å². The molecule has 28 heavy (non-hydrogen) atoms. The molecule has 2 atom stereocenters. The fourth-order valence-corrected chi connectivity index (χ4v) is 4.43. The summed E-state index contributed by atoms with van der Waals surface area (Å²) in [6.07, 6.45) is 1.89. The topological polar surface area (TPSA) is 110 Å². The highest BCUT2D eigenvalue weighted by molar-refractivity contribution is 6.03. The van der Waals surface area contributed by atoms with Crippen molar-refractivity contribution in [2.24, 2.45) is 16.7 Å². The number of carbonyl (C=O) groups is 3. The summed E-state index contributed by atoms with van der Waals surface area (Å²) in [5, 5.41) is 13.4. The molecule has 0 aromatic heterocycles. The maximum atomic E-state index is 12.9. The second-order valence-corrected chi connectivity index (χ2v) is 8.40. The molecule has 1 N–H and O–H groups in total. The number of rotatable bonds is 6. The van der Waals surface area contributed by atoms with E-state index in [2.05, 4.69) is 5.32 Å². The summed E-state index contributed by atoms with van der Waals surface area (Å²) in [5.41, 5.74) is -0.654. The van der Waals surface area contributed by atoms with Crippen molar-refractivity contribution in [3.05, 3.63) is 34.4 Å². The lowest BCUT2D eigenvalue weighted by Gasteiger charge is -2.47. The summed E-state index contributed by atoms with van der Waals surface area (Å²) >= 11 is 0. The van der Waals surface area contributed by atoms with Gasteiger partial charge in [0.05, 0.1) is 10.3 Å². The highest BCUT2D eigenvalue weighted by atomic mass is 16.6. The Morgan fingerprint density at radius 1 is 1.32 bits per heavy atom. The number of carbonyl (C=O) groups excluding carboxylic acids is 3. The van der Waals surface area contributed by atoms with Crippen molar-refractivity contribution in [1.29, 1.82) is 0 Å². The van der Waals surface area contributed by atoms with Crippen LogP contribution in [-0.2, 0) is 14.4 Å². The standard InChI is InChI=1S/C20H25N3O5/c1-19(2)15-9-10-20(19,3)18(26)22(17(15)25)11-5-8-16(24)21-13-6-4-7-14(12-13)23(27)28/h4,6-7,12,15H,5,8-11H2,1-3H3,(H,21,24). The number of hydrogen-bond donors (Lipinski definition) is 1. The third-order valence-electron chi connectivity index (χ3n) is 6.63. The predicted octanol–water partition coefficient (Wildman–Crippen LogP) is 3.12. The first kappa shape index (κ1) is 20.0. The Morgan fingerprint density at radius 2 is 2.04 bits per heavy atom. The van der Waals surface area contributed by atoms with Crippen molar-refractivity contribution in [2.75, 3.05) is 11.9 Å². The second-order valence-electron chi connectivity index (χ2n) is 8.40. The van der Waals surface area contributed by atoms with Crippen molar-refractivity contribution in [3.8, 4) is 0 Å². The lowest BCUT2D eigenvalue weighted by molar-refractivity contribution is -0.384. The number of hydrogen-bond acceptors (Lipinski definition) is 5. The van der Waals surface area contributed by atoms with Gasteiger partial charge in [0, 0.05) is 36.7 Å². The minimum atomic E-state index is -0.545. The second kappa shape index (κ2) is 7.00. The summed E-state index contributed by atoms with van der Waals surface area (Å²) in [5.74, 6) is -0.750. The van der Waals surface area contributed by atoms with Crippen LogP contribution < -0.4 is 5.32 Å². The van der Waals surface area contributed by atoms with Crippen molar-refractivity contribution in [2.45, 2.75) is 46.5 Å². The number of nitro benzene ring substituents is 1. The Labute approximate surface area is 163 Å². The van der Waals surface area contributed by atoms with Crippen LogP contribution in [0.15, 0.2) is 24.3 Å². The number of likely N-dealkylation sites (tertiary alicyclic amines) is 1. The van der Waals surface area contributed by atoms with E-state index < -0.39 is 10.3 Å². The number of nitrogens with one attached hydrogen (secondary N) is 1. The molecular formula is C20H25N3O5. The maximum absolute atomic E-state index is 12.9. The number of anilines is 1. The maximum Gasteiger partial charge on any atom is 0.271 e. The average Bonchev–Trinajstić information content (AvgIpc) is 2.82. The van der Waals surface area contributed by atoms with Crippen LogP contribution in [0.5, 0.6) is 0 Å². The number of nitrogens with zero attached hydrogens (tertiary/aromatic N) is 2. The summed E-state index contributed by atoms with van der Waals surface area (Å²) in [6.45, 7) is 6.13. The van der Waals surface area contributed by atoms with Crippen molar-refractivity contribution < 1.29 is 19.3 Å². The van der Waals surface area contributed by atoms with Gasteiger partial charge in [0.1, 0.15) is 0 Å². The molecule has 2 aliphatic rings. The van der Waals surface area contributed by atoms with E-state index in [0.29, 0.717) is 18.5 Å². The smallest absolute Gasteiger partial charge is 0.271 e. The fourth-order valence-electron chi connectivity index (χ4n) is 4.43. The van der Waals surface area contributed by atoms with Gasteiger partial charge in [0.2, 0.25) is 17.7 Å². The molecule has 1 aromatic rings. The first-order valence-corrected chi connectivity index (χ1v) is 9.48. The molecule has 1 heterocycles. The van der Waals surface area contributed by atoms with Gasteiger partial charge in [-0.15, -0.1) is 0 Å². The van der Waals surface area contributed by atoms with Crippen molar-refractivity contribution >= 4 is 29.1 Å². The van der Waals surface area contributed by atoms with Crippen LogP contribution in [0.4, 0.5) is 11.4 Å². The number of benzene rings is 1. The number of fused-ring (bicyclic) bond motifs is 2. The van der Waals surface area contributed by atoms with Crippen LogP contribution in [0.3, 0.4) is 0 Å². The van der Waals surface area contributed by atoms with Crippen LogP contribution in [0.2, 0.25) is 0 Å². The lowest BCUT2D eigenvalue weighted by atomic mass is 9.62. The molecule has 2 bridgehead atoms. The zero-order valence-electron chi connectivity index (χ0n) is 16.4. The zero-order chi connectivity index (χ0) is 20.7. The molecular weight excluding hydrogens is 362 g/mol. The van der Waals surface area contributed by atoms with E-state index in [0.717, 1.165) is 6.42 Å². The fraction of sp³-hybridized carbons (Fsp3) is 0.550. The van der Waals surface area contributed by atoms with Gasteiger partial charge < -0.3 is 5.32 Å². The molecule has 3 rings (SSSR count). The van der Waals surface area contributed by atoms with Crippen LogP contribution in [0.25, 0.3) is 0 Å². The largest absolute Gasteiger partial charge is 0.326 e. The first-order chi connectivity index (χ1) is 13.1. The highest BCUT2D eigenvalue weighted by Gasteiger charge is 2.64. The Bertz CT molecular complexity index is 850. The quantitative estimate of drug-likeness (QED) is 0.458. The van der Waals surface area contributed by atoms with Gasteiger partial charge in [-0.25, -0.2) is 0 Å². The van der Waals surface area contributed by atoms with Gasteiger partial charge in [-0.2, -0.15) is 0 Å². The molecule has 8 nitrogen and oxygen atoms in total. The van der Waals surface area contributed by atoms with Crippen LogP contribution in [0, 0.1) is 26.9 Å². The van der Waals surface area contributed by atoms with Crippen LogP contribution in [0.1, 0.15) is 46.5 Å². The molecule has 1 aliphatic carbocycles. The van der Waals surface area contributed by atoms with Gasteiger partial charge in [-0.3, -0.25) is 29.4 Å². The minimum absolute atomic E-state index is 0.103. The summed E-state index contributed by atoms with van der Waals surface area (Å²) in [4.78, 5) is 49.4. The Morgan fingerprint density at radius 3 is 2.71 bits per heavy atom. The molecule has 1 saturated heterocycles. The van der Waals surface area contributed by atoms with E-state index in [4.69, 9.17) is 0 Å². The number of imide groups is 1. The Kier molecular flexibility index (Phi) is 4.99. The first-order valence-electron chi connectivity index (χ1n) is 9.48. The van der Waals surface area contributed by atoms with E-state index in [1.54, 1.807) is 6.07 Å². The average molecular weight is 387 g/mol. The zero-order valence-corrected chi connectivity index (χ0v) is 16.4. The molecule has 2 unspecified atom stereocenters. The third-order valence-corrected chi connectivity index (χ3v) is 6.63. The molecule has 1 aromatic carbocycles. The minimum Gasteiger partial charge on any atom is -0.326 e. The van der Waals surface area contributed by atoms with E-state index in [-0.39, 0.29) is 47.7 Å². The molecule has 1 aliphatic heterocycles. The summed E-state index contributed by atoms with van der Waals surface area (Å²) < 4.78 is 0. The molecule has 2 fully saturated rings. The monoisotopic (exact) mass is 387 g/mol. The van der Waals surface area contributed by atoms with Gasteiger partial charge in [-0.05, 0) is 30.7 Å². The normalized spacial score (nSPS) is 25.7. The molecule has 8 heteroatoms. The molecule has 150 valence electrons.